The summed E-state index contributed by atoms with van der Waals surface area (Å²) in [4.78, 5) is 34.4. The zero-order chi connectivity index (χ0) is 13.6. The Morgan fingerprint density at radius 3 is 1.78 bits per heavy atom. The Labute approximate surface area is 101 Å². The van der Waals surface area contributed by atoms with Gasteiger partial charge in [0.05, 0.1) is 11.1 Å². The molecule has 2 rings (SSSR count). The largest absolute Gasteiger partial charge is 0.506 e. The number of Topliss-reactive ketones (excluding diaryl/α,β-unsaturated/α-hetero) is 1. The fourth-order valence-electron chi connectivity index (χ4n) is 1.84. The number of phenolic OH excluding ortho intramolecular Hbond substituents is 3. The highest BCUT2D eigenvalue weighted by Crippen LogP contribution is 2.44. The van der Waals surface area contributed by atoms with Gasteiger partial charge in [0, 0.05) is 0 Å². The SMILES string of the molecule is CC(=O)c1c(O)c(O)c2c(c1O)C(=O)C=CC2=O. The first-order valence-corrected chi connectivity index (χ1v) is 4.94. The van der Waals surface area contributed by atoms with Crippen LogP contribution in [0.5, 0.6) is 17.2 Å². The van der Waals surface area contributed by atoms with Gasteiger partial charge >= 0.3 is 0 Å². The zero-order valence-electron chi connectivity index (χ0n) is 9.22. The highest BCUT2D eigenvalue weighted by atomic mass is 16.3. The van der Waals surface area contributed by atoms with Crippen LogP contribution in [0, 0.1) is 0 Å². The summed E-state index contributed by atoms with van der Waals surface area (Å²) in [5.41, 5.74) is -1.55. The van der Waals surface area contributed by atoms with E-state index in [2.05, 4.69) is 0 Å². The van der Waals surface area contributed by atoms with Gasteiger partial charge in [-0.1, -0.05) is 0 Å². The Kier molecular flexibility index (Phi) is 2.43. The molecular formula is C12H8O6. The van der Waals surface area contributed by atoms with Gasteiger partial charge in [0.2, 0.25) is 0 Å². The third-order valence-corrected chi connectivity index (χ3v) is 2.65. The van der Waals surface area contributed by atoms with Crippen molar-refractivity contribution in [3.63, 3.8) is 0 Å². The number of rotatable bonds is 1. The van der Waals surface area contributed by atoms with Crippen molar-refractivity contribution in [2.45, 2.75) is 6.92 Å². The molecule has 0 bridgehead atoms. The van der Waals surface area contributed by atoms with E-state index in [1.54, 1.807) is 0 Å². The fourth-order valence-corrected chi connectivity index (χ4v) is 1.84. The molecule has 0 heterocycles. The molecule has 0 amide bonds. The summed E-state index contributed by atoms with van der Waals surface area (Å²) < 4.78 is 0. The van der Waals surface area contributed by atoms with E-state index in [0.717, 1.165) is 19.1 Å². The highest BCUT2D eigenvalue weighted by Gasteiger charge is 2.32. The smallest absolute Gasteiger partial charge is 0.190 e. The van der Waals surface area contributed by atoms with Gasteiger partial charge in [0.15, 0.2) is 28.8 Å². The molecule has 6 heteroatoms. The number of allylic oxidation sites excluding steroid dienone is 2. The number of carbonyl (C=O) groups excluding carboxylic acids is 3. The van der Waals surface area contributed by atoms with Crippen LogP contribution in [0.1, 0.15) is 38.0 Å². The summed E-state index contributed by atoms with van der Waals surface area (Å²) in [6.45, 7) is 1.05. The van der Waals surface area contributed by atoms with Crippen LogP contribution in [0.25, 0.3) is 0 Å². The maximum atomic E-state index is 11.6. The van der Waals surface area contributed by atoms with Gasteiger partial charge in [-0.15, -0.1) is 0 Å². The molecule has 18 heavy (non-hydrogen) atoms. The summed E-state index contributed by atoms with van der Waals surface area (Å²) in [6, 6.07) is 0. The van der Waals surface area contributed by atoms with E-state index >= 15 is 0 Å². The van der Waals surface area contributed by atoms with E-state index in [9.17, 15) is 29.7 Å². The molecule has 0 spiro atoms. The van der Waals surface area contributed by atoms with Gasteiger partial charge in [-0.05, 0) is 19.1 Å². The fraction of sp³-hybridized carbons (Fsp3) is 0.0833. The maximum Gasteiger partial charge on any atom is 0.190 e. The molecule has 3 N–H and O–H groups in total. The molecule has 6 nitrogen and oxygen atoms in total. The van der Waals surface area contributed by atoms with Crippen LogP contribution in [0.2, 0.25) is 0 Å². The molecule has 0 unspecified atom stereocenters. The van der Waals surface area contributed by atoms with Gasteiger partial charge in [0.1, 0.15) is 11.3 Å². The van der Waals surface area contributed by atoms with Gasteiger partial charge < -0.3 is 15.3 Å². The van der Waals surface area contributed by atoms with Crippen molar-refractivity contribution in [3.05, 3.63) is 28.8 Å². The number of fused-ring (bicyclic) bond motifs is 1. The summed E-state index contributed by atoms with van der Waals surface area (Å²) in [5, 5.41) is 29.1. The second-order valence-corrected chi connectivity index (χ2v) is 3.79. The quantitative estimate of drug-likeness (QED) is 0.387. The lowest BCUT2D eigenvalue weighted by Gasteiger charge is -2.16. The van der Waals surface area contributed by atoms with Crippen LogP contribution in [-0.4, -0.2) is 32.7 Å². The third-order valence-electron chi connectivity index (χ3n) is 2.65. The second-order valence-electron chi connectivity index (χ2n) is 3.79. The standard InChI is InChI=1S/C12H8O6/c1-4(13)7-10(16)8-5(14)2-3-6(15)9(8)12(18)11(7)17/h2-3,16-18H,1H3. The second kappa shape index (κ2) is 3.69. The van der Waals surface area contributed by atoms with Crippen LogP contribution in [0.3, 0.4) is 0 Å². The number of hydrogen-bond donors (Lipinski definition) is 3. The maximum absolute atomic E-state index is 11.6. The predicted octanol–water partition coefficient (Wildman–Crippen LogP) is 0.941. The molecule has 0 aliphatic heterocycles. The van der Waals surface area contributed by atoms with Crippen molar-refractivity contribution < 1.29 is 29.7 Å². The number of hydrogen-bond acceptors (Lipinski definition) is 6. The summed E-state index contributed by atoms with van der Waals surface area (Å²) >= 11 is 0. The van der Waals surface area contributed by atoms with Crippen molar-refractivity contribution in [1.29, 1.82) is 0 Å². The Hall–Kier alpha value is -2.63. The molecule has 0 atom stereocenters. The Morgan fingerprint density at radius 2 is 1.33 bits per heavy atom. The normalized spacial score (nSPS) is 13.6. The lowest BCUT2D eigenvalue weighted by Crippen LogP contribution is -2.14. The third kappa shape index (κ3) is 1.39. The topological polar surface area (TPSA) is 112 Å². The molecular weight excluding hydrogens is 240 g/mol. The Bertz CT molecular complexity index is 639. The van der Waals surface area contributed by atoms with Crippen molar-refractivity contribution in [2.75, 3.05) is 0 Å². The minimum Gasteiger partial charge on any atom is -0.506 e. The average molecular weight is 248 g/mol. The highest BCUT2D eigenvalue weighted by molar-refractivity contribution is 6.26. The molecule has 0 saturated carbocycles. The number of aromatic hydroxyl groups is 3. The van der Waals surface area contributed by atoms with E-state index in [0.29, 0.717) is 0 Å². The molecule has 1 aromatic carbocycles. The van der Waals surface area contributed by atoms with Gasteiger partial charge in [0.25, 0.3) is 0 Å². The number of benzene rings is 1. The van der Waals surface area contributed by atoms with E-state index in [1.165, 1.54) is 0 Å². The van der Waals surface area contributed by atoms with Crippen molar-refractivity contribution in [3.8, 4) is 17.2 Å². The average Bonchev–Trinajstić information content (AvgIpc) is 2.28. The zero-order valence-corrected chi connectivity index (χ0v) is 9.22. The Morgan fingerprint density at radius 1 is 0.889 bits per heavy atom. The number of phenols is 3. The monoisotopic (exact) mass is 248 g/mol. The molecule has 0 radical (unpaired) electrons. The molecule has 1 aromatic rings. The van der Waals surface area contributed by atoms with Crippen molar-refractivity contribution in [2.24, 2.45) is 0 Å². The molecule has 92 valence electrons. The van der Waals surface area contributed by atoms with Gasteiger partial charge in [-0.3, -0.25) is 14.4 Å². The van der Waals surface area contributed by atoms with Crippen LogP contribution in [-0.2, 0) is 0 Å². The van der Waals surface area contributed by atoms with Gasteiger partial charge in [-0.25, -0.2) is 0 Å². The number of carbonyl (C=O) groups is 3. The summed E-state index contributed by atoms with van der Waals surface area (Å²) in [5.74, 6) is -4.78. The first-order chi connectivity index (χ1) is 8.36. The lowest BCUT2D eigenvalue weighted by atomic mass is 9.89. The minimum absolute atomic E-state index is 0.469. The lowest BCUT2D eigenvalue weighted by molar-refractivity contribution is 0.0982. The van der Waals surface area contributed by atoms with E-state index in [4.69, 9.17) is 0 Å². The summed E-state index contributed by atoms with van der Waals surface area (Å²) in [6.07, 6.45) is 1.83. The summed E-state index contributed by atoms with van der Waals surface area (Å²) in [7, 11) is 0. The van der Waals surface area contributed by atoms with E-state index in [-0.39, 0.29) is 0 Å². The molecule has 0 aromatic heterocycles. The van der Waals surface area contributed by atoms with Crippen molar-refractivity contribution in [1.82, 2.24) is 0 Å². The van der Waals surface area contributed by atoms with Crippen LogP contribution in [0.15, 0.2) is 12.2 Å². The predicted molar refractivity (Wildman–Crippen MR) is 59.2 cm³/mol. The Balaban J connectivity index is 2.96. The van der Waals surface area contributed by atoms with E-state index in [1.807, 2.05) is 0 Å². The minimum atomic E-state index is -0.907. The van der Waals surface area contributed by atoms with Crippen LogP contribution >= 0.6 is 0 Å². The first-order valence-electron chi connectivity index (χ1n) is 4.94. The van der Waals surface area contributed by atoms with Gasteiger partial charge in [-0.2, -0.15) is 0 Å². The molecule has 1 aliphatic carbocycles. The van der Waals surface area contributed by atoms with Crippen LogP contribution < -0.4 is 0 Å². The van der Waals surface area contributed by atoms with Crippen molar-refractivity contribution >= 4 is 17.3 Å². The first kappa shape index (κ1) is 11.8. The van der Waals surface area contributed by atoms with Crippen LogP contribution in [0.4, 0.5) is 0 Å². The number of ketones is 3. The van der Waals surface area contributed by atoms with E-state index < -0.39 is 51.3 Å². The molecule has 1 aliphatic rings. The molecule has 0 fully saturated rings. The molecule has 0 saturated heterocycles.